The summed E-state index contributed by atoms with van der Waals surface area (Å²) in [7, 11) is 1.50. The highest BCUT2D eigenvalue weighted by molar-refractivity contribution is 6.15. The molecule has 0 bridgehead atoms. The van der Waals surface area contributed by atoms with Gasteiger partial charge in [-0.1, -0.05) is 6.07 Å². The van der Waals surface area contributed by atoms with E-state index in [-0.39, 0.29) is 11.5 Å². The number of methoxy groups -OCH3 is 1. The maximum atomic E-state index is 12.9. The number of allylic oxidation sites excluding steroid dienone is 1. The first-order valence-corrected chi connectivity index (χ1v) is 8.09. The van der Waals surface area contributed by atoms with Crippen LogP contribution in [0.5, 0.6) is 11.5 Å². The van der Waals surface area contributed by atoms with Crippen LogP contribution in [0.25, 0.3) is 17.0 Å². The third-order valence-electron chi connectivity index (χ3n) is 4.64. The monoisotopic (exact) mass is 334 g/mol. The van der Waals surface area contributed by atoms with Gasteiger partial charge in [0.25, 0.3) is 0 Å². The molecule has 0 aliphatic heterocycles. The number of H-pyrrole nitrogens is 1. The number of aryl methyl sites for hydroxylation is 1. The Morgan fingerprint density at radius 3 is 2.84 bits per heavy atom. The third-order valence-corrected chi connectivity index (χ3v) is 4.64. The molecule has 0 radical (unpaired) electrons. The first-order chi connectivity index (χ1) is 12.1. The van der Waals surface area contributed by atoms with Crippen molar-refractivity contribution in [1.82, 2.24) is 4.98 Å². The van der Waals surface area contributed by atoms with Gasteiger partial charge in [-0.15, -0.1) is 0 Å². The molecule has 5 nitrogen and oxygen atoms in total. The average Bonchev–Trinajstić information content (AvgIpc) is 2.97. The lowest BCUT2D eigenvalue weighted by molar-refractivity contribution is 0.102. The Kier molecular flexibility index (Phi) is 3.50. The van der Waals surface area contributed by atoms with Crippen LogP contribution in [0.2, 0.25) is 0 Å². The number of ketones is 1. The van der Waals surface area contributed by atoms with Crippen LogP contribution >= 0.6 is 0 Å². The molecule has 126 valence electrons. The molecule has 1 heterocycles. The highest BCUT2D eigenvalue weighted by Crippen LogP contribution is 2.34. The van der Waals surface area contributed by atoms with Gasteiger partial charge in [-0.3, -0.25) is 4.79 Å². The Morgan fingerprint density at radius 1 is 1.20 bits per heavy atom. The van der Waals surface area contributed by atoms with Crippen molar-refractivity contribution in [2.24, 2.45) is 0 Å². The lowest BCUT2D eigenvalue weighted by atomic mass is 9.89. The number of aromatic nitrogens is 1. The van der Waals surface area contributed by atoms with Gasteiger partial charge in [-0.25, -0.2) is 0 Å². The number of rotatable bonds is 2. The number of carbonyl (C=O) groups excluding carboxylic acids is 1. The standard InChI is InChI=1S/C20H18N2O3/c1-25-18-9-11(2-7-17(18)23)8-12-3-5-14-15-10-13(21)4-6-16(15)22-19(14)20(12)24/h2,4,6-10,22-23H,3,5,21H2,1H3/b12-8+. The normalized spacial score (nSPS) is 15.6. The van der Waals surface area contributed by atoms with Crippen LogP contribution in [-0.2, 0) is 6.42 Å². The number of carbonyl (C=O) groups is 1. The molecule has 25 heavy (non-hydrogen) atoms. The fraction of sp³-hybridized carbons (Fsp3) is 0.150. The van der Waals surface area contributed by atoms with E-state index in [1.165, 1.54) is 7.11 Å². The second-order valence-electron chi connectivity index (χ2n) is 6.21. The Balaban J connectivity index is 1.75. The van der Waals surface area contributed by atoms with E-state index in [1.807, 2.05) is 24.3 Å². The van der Waals surface area contributed by atoms with Crippen LogP contribution in [0.4, 0.5) is 5.69 Å². The average molecular weight is 334 g/mol. The smallest absolute Gasteiger partial charge is 0.205 e. The molecule has 4 rings (SSSR count). The Bertz CT molecular complexity index is 1030. The van der Waals surface area contributed by atoms with E-state index in [4.69, 9.17) is 10.5 Å². The predicted octanol–water partition coefficient (Wildman–Crippen LogP) is 3.68. The molecule has 2 aromatic carbocycles. The number of benzene rings is 2. The van der Waals surface area contributed by atoms with Crippen LogP contribution in [0.15, 0.2) is 42.0 Å². The number of phenols is 1. The Labute approximate surface area is 144 Å². The molecule has 0 amide bonds. The molecular formula is C20H18N2O3. The number of nitrogen functional groups attached to an aromatic ring is 1. The molecule has 0 atom stereocenters. The lowest BCUT2D eigenvalue weighted by Crippen LogP contribution is -2.13. The summed E-state index contributed by atoms with van der Waals surface area (Å²) in [6.45, 7) is 0. The number of aromatic hydroxyl groups is 1. The molecule has 4 N–H and O–H groups in total. The summed E-state index contributed by atoms with van der Waals surface area (Å²) in [5, 5.41) is 10.7. The number of ether oxygens (including phenoxy) is 1. The highest BCUT2D eigenvalue weighted by Gasteiger charge is 2.26. The zero-order valence-corrected chi connectivity index (χ0v) is 13.8. The minimum Gasteiger partial charge on any atom is -0.504 e. The van der Waals surface area contributed by atoms with Crippen LogP contribution in [0.1, 0.15) is 28.0 Å². The van der Waals surface area contributed by atoms with E-state index in [0.717, 1.165) is 34.0 Å². The minimum absolute atomic E-state index is 0.00284. The number of aromatic amines is 1. The summed E-state index contributed by atoms with van der Waals surface area (Å²) in [6, 6.07) is 10.7. The quantitative estimate of drug-likeness (QED) is 0.493. The van der Waals surface area contributed by atoms with Crippen molar-refractivity contribution < 1.29 is 14.6 Å². The molecule has 1 aliphatic carbocycles. The first kappa shape index (κ1) is 15.3. The van der Waals surface area contributed by atoms with E-state index < -0.39 is 0 Å². The minimum atomic E-state index is 0.00284. The number of Topliss-reactive ketones (excluding diaryl/α,β-unsaturated/α-hetero) is 1. The number of nitrogens with one attached hydrogen (secondary N) is 1. The van der Waals surface area contributed by atoms with Gasteiger partial charge in [0.1, 0.15) is 0 Å². The number of anilines is 1. The van der Waals surface area contributed by atoms with Crippen LogP contribution < -0.4 is 10.5 Å². The number of phenolic OH excluding ortho intramolecular Hbond substituents is 1. The summed E-state index contributed by atoms with van der Waals surface area (Å²) in [5.41, 5.74) is 10.7. The van der Waals surface area contributed by atoms with Gasteiger partial charge in [0.15, 0.2) is 11.5 Å². The fourth-order valence-corrected chi connectivity index (χ4v) is 3.38. The first-order valence-electron chi connectivity index (χ1n) is 8.09. The molecule has 1 aliphatic rings. The molecule has 1 aromatic heterocycles. The van der Waals surface area contributed by atoms with Crippen LogP contribution in [0, 0.1) is 0 Å². The van der Waals surface area contributed by atoms with Crippen molar-refractivity contribution in [3.63, 3.8) is 0 Å². The van der Waals surface area contributed by atoms with Crippen molar-refractivity contribution in [2.75, 3.05) is 12.8 Å². The molecule has 0 saturated heterocycles. The van der Waals surface area contributed by atoms with Crippen molar-refractivity contribution in [1.29, 1.82) is 0 Å². The predicted molar refractivity (Wildman–Crippen MR) is 98.0 cm³/mol. The second-order valence-corrected chi connectivity index (χ2v) is 6.21. The number of hydrogen-bond donors (Lipinski definition) is 3. The number of nitrogens with two attached hydrogens (primary N) is 1. The molecule has 5 heteroatoms. The molecule has 0 unspecified atom stereocenters. The van der Waals surface area contributed by atoms with Gasteiger partial charge in [0.2, 0.25) is 5.78 Å². The summed E-state index contributed by atoms with van der Waals surface area (Å²) in [4.78, 5) is 16.1. The zero-order chi connectivity index (χ0) is 17.6. The molecule has 0 saturated carbocycles. The fourth-order valence-electron chi connectivity index (χ4n) is 3.38. The second kappa shape index (κ2) is 5.70. The number of hydrogen-bond acceptors (Lipinski definition) is 4. The van der Waals surface area contributed by atoms with Crippen LogP contribution in [-0.4, -0.2) is 23.0 Å². The molecular weight excluding hydrogens is 316 g/mol. The van der Waals surface area contributed by atoms with Crippen molar-refractivity contribution in [3.05, 3.63) is 58.8 Å². The van der Waals surface area contributed by atoms with Gasteiger partial charge in [0, 0.05) is 22.2 Å². The van der Waals surface area contributed by atoms with E-state index in [2.05, 4.69) is 4.98 Å². The van der Waals surface area contributed by atoms with E-state index in [1.54, 1.807) is 18.2 Å². The third kappa shape index (κ3) is 2.54. The summed E-state index contributed by atoms with van der Waals surface area (Å²) >= 11 is 0. The van der Waals surface area contributed by atoms with Crippen LogP contribution in [0.3, 0.4) is 0 Å². The topological polar surface area (TPSA) is 88.3 Å². The van der Waals surface area contributed by atoms with Crippen molar-refractivity contribution in [3.8, 4) is 11.5 Å². The maximum absolute atomic E-state index is 12.9. The summed E-state index contributed by atoms with van der Waals surface area (Å²) in [5.74, 6) is 0.470. The van der Waals surface area contributed by atoms with Gasteiger partial charge in [-0.05, 0) is 60.4 Å². The van der Waals surface area contributed by atoms with Gasteiger partial charge in [-0.2, -0.15) is 0 Å². The van der Waals surface area contributed by atoms with Gasteiger partial charge >= 0.3 is 0 Å². The summed E-state index contributed by atoms with van der Waals surface area (Å²) in [6.07, 6.45) is 3.30. The number of fused-ring (bicyclic) bond motifs is 3. The van der Waals surface area contributed by atoms with Crippen molar-refractivity contribution in [2.45, 2.75) is 12.8 Å². The Hall–Kier alpha value is -3.21. The summed E-state index contributed by atoms with van der Waals surface area (Å²) < 4.78 is 5.13. The van der Waals surface area contributed by atoms with Gasteiger partial charge in [0.05, 0.1) is 12.8 Å². The van der Waals surface area contributed by atoms with Crippen molar-refractivity contribution >= 4 is 28.4 Å². The van der Waals surface area contributed by atoms with Gasteiger partial charge < -0.3 is 20.6 Å². The SMILES string of the molecule is COc1cc(/C=C2\CCc3c([nH]c4ccc(N)cc34)C2=O)ccc1O. The lowest BCUT2D eigenvalue weighted by Gasteiger charge is -2.14. The zero-order valence-electron chi connectivity index (χ0n) is 13.8. The van der Waals surface area contributed by atoms with E-state index >= 15 is 0 Å². The Morgan fingerprint density at radius 2 is 2.04 bits per heavy atom. The highest BCUT2D eigenvalue weighted by atomic mass is 16.5. The molecule has 0 spiro atoms. The van der Waals surface area contributed by atoms with E-state index in [9.17, 15) is 9.90 Å². The molecule has 0 fully saturated rings. The van der Waals surface area contributed by atoms with E-state index in [0.29, 0.717) is 23.6 Å². The molecule has 3 aromatic rings. The maximum Gasteiger partial charge on any atom is 0.205 e. The largest absolute Gasteiger partial charge is 0.504 e.